The first kappa shape index (κ1) is 17.5. The highest BCUT2D eigenvalue weighted by Gasteiger charge is 2.42. The molecule has 0 saturated carbocycles. The third-order valence-corrected chi connectivity index (χ3v) is 5.29. The molecule has 6 nitrogen and oxygen atoms in total. The summed E-state index contributed by atoms with van der Waals surface area (Å²) >= 11 is 0. The van der Waals surface area contributed by atoms with E-state index in [9.17, 15) is 9.59 Å². The topological polar surface area (TPSA) is 84.1 Å². The molecule has 0 radical (unpaired) electrons. The Balaban J connectivity index is 1.96. The molecular formula is C21H23N3O3. The standard InChI is InChI=1S/C21H23N3O3/c1-11-22-19-18(20(26)23-11)16(12-5-7-13(27-4)8-6-12)17-14(24-19)9-21(2,3)10-15(17)25/h5-8,16H,9-10H2,1-4H3,(H2,22,23,24,26)/t16-/m0/s1. The Kier molecular flexibility index (Phi) is 3.94. The number of carbonyl (C=O) groups excluding carboxylic acids is 1. The number of ether oxygens (including phenoxy) is 1. The van der Waals surface area contributed by atoms with Crippen molar-refractivity contribution in [3.63, 3.8) is 0 Å². The summed E-state index contributed by atoms with van der Waals surface area (Å²) in [5.74, 6) is 1.48. The fourth-order valence-electron chi connectivity index (χ4n) is 4.16. The maximum absolute atomic E-state index is 13.1. The van der Waals surface area contributed by atoms with Gasteiger partial charge >= 0.3 is 0 Å². The van der Waals surface area contributed by atoms with Crippen LogP contribution in [0.15, 0.2) is 40.3 Å². The Morgan fingerprint density at radius 2 is 1.85 bits per heavy atom. The number of allylic oxidation sites excluding steroid dienone is 2. The number of aromatic amines is 1. The molecule has 2 aromatic rings. The molecule has 4 rings (SSSR count). The van der Waals surface area contributed by atoms with Crippen LogP contribution in [0.2, 0.25) is 0 Å². The van der Waals surface area contributed by atoms with Crippen LogP contribution in [0.4, 0.5) is 5.82 Å². The summed E-state index contributed by atoms with van der Waals surface area (Å²) in [6, 6.07) is 7.53. The molecule has 1 atom stereocenters. The lowest BCUT2D eigenvalue weighted by molar-refractivity contribution is -0.118. The van der Waals surface area contributed by atoms with Gasteiger partial charge in [0.1, 0.15) is 17.4 Å². The van der Waals surface area contributed by atoms with E-state index in [4.69, 9.17) is 4.74 Å². The van der Waals surface area contributed by atoms with Gasteiger partial charge in [-0.05, 0) is 36.5 Å². The molecular weight excluding hydrogens is 342 g/mol. The van der Waals surface area contributed by atoms with Crippen LogP contribution >= 0.6 is 0 Å². The van der Waals surface area contributed by atoms with E-state index in [2.05, 4.69) is 29.1 Å². The number of methoxy groups -OCH3 is 1. The van der Waals surface area contributed by atoms with Crippen molar-refractivity contribution in [1.82, 2.24) is 9.97 Å². The van der Waals surface area contributed by atoms with Gasteiger partial charge in [-0.2, -0.15) is 0 Å². The first-order valence-corrected chi connectivity index (χ1v) is 9.07. The predicted molar refractivity (Wildman–Crippen MR) is 103 cm³/mol. The molecule has 1 aromatic heterocycles. The number of rotatable bonds is 2. The second-order valence-corrected chi connectivity index (χ2v) is 8.08. The molecule has 1 aliphatic carbocycles. The van der Waals surface area contributed by atoms with Gasteiger partial charge in [0.25, 0.3) is 5.56 Å². The van der Waals surface area contributed by atoms with Gasteiger partial charge in [0.05, 0.1) is 12.7 Å². The van der Waals surface area contributed by atoms with Crippen molar-refractivity contribution in [3.05, 3.63) is 62.8 Å². The molecule has 0 fully saturated rings. The fraction of sp³-hybridized carbons (Fsp3) is 0.381. The zero-order valence-electron chi connectivity index (χ0n) is 16.0. The first-order chi connectivity index (χ1) is 12.8. The molecule has 0 bridgehead atoms. The van der Waals surface area contributed by atoms with Crippen LogP contribution in [-0.2, 0) is 4.79 Å². The minimum absolute atomic E-state index is 0.0835. The highest BCUT2D eigenvalue weighted by atomic mass is 16.5. The Bertz CT molecular complexity index is 1020. The van der Waals surface area contributed by atoms with Crippen LogP contribution in [-0.4, -0.2) is 22.9 Å². The summed E-state index contributed by atoms with van der Waals surface area (Å²) in [4.78, 5) is 33.2. The summed E-state index contributed by atoms with van der Waals surface area (Å²) in [7, 11) is 1.61. The Hall–Kier alpha value is -2.89. The number of benzene rings is 1. The average Bonchev–Trinajstić information content (AvgIpc) is 2.58. The molecule has 0 unspecified atom stereocenters. The largest absolute Gasteiger partial charge is 0.497 e. The first-order valence-electron chi connectivity index (χ1n) is 9.07. The van der Waals surface area contributed by atoms with E-state index >= 15 is 0 Å². The highest BCUT2D eigenvalue weighted by Crippen LogP contribution is 2.47. The summed E-state index contributed by atoms with van der Waals surface area (Å²) in [6.07, 6.45) is 1.21. The number of Topliss-reactive ketones (excluding diaryl/α,β-unsaturated/α-hetero) is 1. The number of nitrogens with one attached hydrogen (secondary N) is 2. The molecule has 1 aliphatic heterocycles. The summed E-state index contributed by atoms with van der Waals surface area (Å²) in [5.41, 5.74) is 2.61. The van der Waals surface area contributed by atoms with Gasteiger partial charge in [-0.3, -0.25) is 9.59 Å². The van der Waals surface area contributed by atoms with E-state index in [-0.39, 0.29) is 16.8 Å². The maximum atomic E-state index is 13.1. The quantitative estimate of drug-likeness (QED) is 0.853. The van der Waals surface area contributed by atoms with Crippen LogP contribution in [0.3, 0.4) is 0 Å². The molecule has 6 heteroatoms. The van der Waals surface area contributed by atoms with E-state index < -0.39 is 5.92 Å². The summed E-state index contributed by atoms with van der Waals surface area (Å²) in [6.45, 7) is 5.93. The highest BCUT2D eigenvalue weighted by molar-refractivity contribution is 6.01. The van der Waals surface area contributed by atoms with Crippen molar-refractivity contribution < 1.29 is 9.53 Å². The second kappa shape index (κ2) is 6.08. The minimum Gasteiger partial charge on any atom is -0.497 e. The van der Waals surface area contributed by atoms with Crippen LogP contribution in [0, 0.1) is 12.3 Å². The van der Waals surface area contributed by atoms with Crippen LogP contribution < -0.4 is 15.6 Å². The van der Waals surface area contributed by atoms with Gasteiger partial charge in [-0.1, -0.05) is 26.0 Å². The number of carbonyl (C=O) groups is 1. The molecule has 140 valence electrons. The van der Waals surface area contributed by atoms with Gasteiger partial charge in [0.15, 0.2) is 5.78 Å². The van der Waals surface area contributed by atoms with Crippen molar-refractivity contribution in [2.45, 2.75) is 39.5 Å². The number of ketones is 1. The Morgan fingerprint density at radius 3 is 2.52 bits per heavy atom. The van der Waals surface area contributed by atoms with E-state index in [1.807, 2.05) is 24.3 Å². The fourth-order valence-corrected chi connectivity index (χ4v) is 4.16. The number of fused-ring (bicyclic) bond motifs is 1. The molecule has 2 heterocycles. The lowest BCUT2D eigenvalue weighted by Crippen LogP contribution is -2.37. The summed E-state index contributed by atoms with van der Waals surface area (Å²) in [5, 5.41) is 3.29. The number of hydrogen-bond donors (Lipinski definition) is 2. The van der Waals surface area contributed by atoms with E-state index in [1.165, 1.54) is 0 Å². The predicted octanol–water partition coefficient (Wildman–Crippen LogP) is 3.29. The van der Waals surface area contributed by atoms with Crippen molar-refractivity contribution >= 4 is 11.6 Å². The van der Waals surface area contributed by atoms with E-state index in [0.29, 0.717) is 29.2 Å². The maximum Gasteiger partial charge on any atom is 0.257 e. The van der Waals surface area contributed by atoms with Crippen molar-refractivity contribution in [2.75, 3.05) is 12.4 Å². The van der Waals surface area contributed by atoms with Crippen molar-refractivity contribution in [1.29, 1.82) is 0 Å². The zero-order chi connectivity index (χ0) is 19.3. The number of aromatic nitrogens is 2. The smallest absolute Gasteiger partial charge is 0.257 e. The van der Waals surface area contributed by atoms with Crippen LogP contribution in [0.5, 0.6) is 5.75 Å². The molecule has 2 N–H and O–H groups in total. The lowest BCUT2D eigenvalue weighted by atomic mass is 9.69. The number of hydrogen-bond acceptors (Lipinski definition) is 5. The third-order valence-electron chi connectivity index (χ3n) is 5.29. The molecule has 0 spiro atoms. The second-order valence-electron chi connectivity index (χ2n) is 8.08. The lowest BCUT2D eigenvalue weighted by Gasteiger charge is -2.38. The Labute approximate surface area is 157 Å². The van der Waals surface area contributed by atoms with Crippen LogP contribution in [0.25, 0.3) is 0 Å². The van der Waals surface area contributed by atoms with Gasteiger partial charge in [-0.25, -0.2) is 4.98 Å². The molecule has 2 aliphatic rings. The molecule has 27 heavy (non-hydrogen) atoms. The number of H-pyrrole nitrogens is 1. The zero-order valence-corrected chi connectivity index (χ0v) is 16.0. The van der Waals surface area contributed by atoms with Crippen LogP contribution in [0.1, 0.15) is 49.6 Å². The van der Waals surface area contributed by atoms with Crippen molar-refractivity contribution in [2.24, 2.45) is 5.41 Å². The molecule has 1 aromatic carbocycles. The SMILES string of the molecule is COc1ccc([C@H]2C3=C(CC(C)(C)CC3=O)Nc3nc(C)[nH]c(=O)c32)cc1. The van der Waals surface area contributed by atoms with Gasteiger partial charge in [-0.15, -0.1) is 0 Å². The average molecular weight is 365 g/mol. The van der Waals surface area contributed by atoms with Gasteiger partial charge in [0.2, 0.25) is 0 Å². The number of aryl methyl sites for hydroxylation is 1. The van der Waals surface area contributed by atoms with Gasteiger partial charge in [0, 0.05) is 23.6 Å². The molecule has 0 amide bonds. The normalized spacial score (nSPS) is 20.6. The van der Waals surface area contributed by atoms with Gasteiger partial charge < -0.3 is 15.0 Å². The van der Waals surface area contributed by atoms with E-state index in [1.54, 1.807) is 14.0 Å². The Morgan fingerprint density at radius 1 is 1.15 bits per heavy atom. The monoisotopic (exact) mass is 365 g/mol. The van der Waals surface area contributed by atoms with Crippen molar-refractivity contribution in [3.8, 4) is 5.75 Å². The minimum atomic E-state index is -0.428. The van der Waals surface area contributed by atoms with E-state index in [0.717, 1.165) is 23.4 Å². The molecule has 0 saturated heterocycles. The third kappa shape index (κ3) is 2.95. The number of anilines is 1. The summed E-state index contributed by atoms with van der Waals surface area (Å²) < 4.78 is 5.25. The number of nitrogens with zero attached hydrogens (tertiary/aromatic N) is 1.